The Labute approximate surface area is 144 Å². The molecule has 0 radical (unpaired) electrons. The molecule has 1 heterocycles. The molecular weight excluding hydrogens is 388 g/mol. The van der Waals surface area contributed by atoms with Gasteiger partial charge in [-0.1, -0.05) is 0 Å². The van der Waals surface area contributed by atoms with Crippen LogP contribution in [0.1, 0.15) is 29.1 Å². The fourth-order valence-corrected chi connectivity index (χ4v) is 1.07. The normalized spacial score (nSPS) is 12.7. The third-order valence-electron chi connectivity index (χ3n) is 1.65. The van der Waals surface area contributed by atoms with E-state index in [9.17, 15) is 13.6 Å². The first kappa shape index (κ1) is 17.5. The van der Waals surface area contributed by atoms with Gasteiger partial charge >= 0.3 is 45.7 Å². The van der Waals surface area contributed by atoms with E-state index in [2.05, 4.69) is 9.72 Å². The van der Waals surface area contributed by atoms with Crippen molar-refractivity contribution in [2.45, 2.75) is 39.5 Å². The number of alkyl halides is 2. The van der Waals surface area contributed by atoms with Gasteiger partial charge in [0.15, 0.2) is 0 Å². The first-order valence-electron chi connectivity index (χ1n) is 6.66. The summed E-state index contributed by atoms with van der Waals surface area (Å²) in [4.78, 5) is 15.1. The molecule has 0 aliphatic heterocycles. The molecule has 5 nitrogen and oxygen atoms in total. The van der Waals surface area contributed by atoms with Crippen LogP contribution in [0.4, 0.5) is 13.6 Å². The van der Waals surface area contributed by atoms with Crippen molar-refractivity contribution in [3.05, 3.63) is 23.9 Å². The van der Waals surface area contributed by atoms with Gasteiger partial charge in [-0.2, -0.15) is 8.78 Å². The van der Waals surface area contributed by atoms with Crippen LogP contribution in [0.3, 0.4) is 0 Å². The number of ether oxygens (including phenoxy) is 2. The van der Waals surface area contributed by atoms with E-state index >= 15 is 0 Å². The number of carbonyl (C=O) groups excluding carboxylic acids is 1. The van der Waals surface area contributed by atoms with Gasteiger partial charge in [0, 0.05) is 18.8 Å². The van der Waals surface area contributed by atoms with Gasteiger partial charge in [-0.25, -0.2) is 9.78 Å². The summed E-state index contributed by atoms with van der Waals surface area (Å²) in [6, 6.07) is 2.21. The van der Waals surface area contributed by atoms with E-state index in [0.717, 1.165) is 12.3 Å². The molecule has 0 spiro atoms. The molecule has 0 unspecified atom stereocenters. The van der Waals surface area contributed by atoms with Crippen molar-refractivity contribution in [3.8, 4) is 5.88 Å². The number of nitrogens with one attached hydrogen (secondary N) is 1. The maximum atomic E-state index is 12.1. The number of nitrogens with zero attached hydrogens (tertiary/aromatic N) is 1. The molecule has 1 aromatic heterocycles. The van der Waals surface area contributed by atoms with Gasteiger partial charge in [0.1, 0.15) is 5.60 Å². The van der Waals surface area contributed by atoms with Crippen LogP contribution in [0.2, 0.25) is 0 Å². The molecule has 0 aliphatic rings. The third kappa shape index (κ3) is 11.8. The van der Waals surface area contributed by atoms with Gasteiger partial charge < -0.3 is 14.8 Å². The Morgan fingerprint density at radius 2 is 2.14 bits per heavy atom. The number of hydrogen-bond acceptors (Lipinski definition) is 4. The molecule has 1 N–H and O–H groups in total. The molecule has 0 bridgehead atoms. The van der Waals surface area contributed by atoms with Crippen LogP contribution >= 0.6 is 20.4 Å². The fraction of sp³-hybridized carbons (Fsp3) is 0.500. The zero-order valence-corrected chi connectivity index (χ0v) is 14.3. The van der Waals surface area contributed by atoms with Crippen LogP contribution in [0.25, 0.3) is 0 Å². The number of amides is 1. The van der Waals surface area contributed by atoms with Gasteiger partial charge in [0.2, 0.25) is 5.88 Å². The van der Waals surface area contributed by atoms with Gasteiger partial charge in [0.25, 0.3) is 0 Å². The molecule has 10 heteroatoms. The molecular formula is C12H16Cl2F2N2NiO3. The van der Waals surface area contributed by atoms with Crippen LogP contribution in [-0.2, 0) is 23.9 Å². The molecule has 0 atom stereocenters. The van der Waals surface area contributed by atoms with Crippen LogP contribution < -0.4 is 10.1 Å². The van der Waals surface area contributed by atoms with E-state index in [1.165, 1.54) is 6.07 Å². The summed E-state index contributed by atoms with van der Waals surface area (Å²) in [6.45, 7) is -0.515. The minimum atomic E-state index is -3.07. The SMILES string of the molecule is [2H]C([2H])(NC(=O)OC(C)(C)C)c1ccnc(OC(F)F)c1.[Cl][Ni][Cl]. The minimum absolute atomic E-state index is 0.0981. The Balaban J connectivity index is 0.00000163. The Hall–Kier alpha value is -0.846. The van der Waals surface area contributed by atoms with Gasteiger partial charge in [-0.15, -0.1) is 0 Å². The first-order valence-corrected chi connectivity index (χ1v) is 8.38. The number of aromatic nitrogens is 1. The molecule has 130 valence electrons. The summed E-state index contributed by atoms with van der Waals surface area (Å²) in [6.07, 6.45) is 0.127. The number of halogens is 4. The van der Waals surface area contributed by atoms with Crippen molar-refractivity contribution in [2.75, 3.05) is 0 Å². The van der Waals surface area contributed by atoms with E-state index in [-0.39, 0.29) is 5.56 Å². The zero-order valence-electron chi connectivity index (χ0n) is 13.8. The summed E-state index contributed by atoms with van der Waals surface area (Å²) in [5.74, 6) is -0.447. The Bertz CT molecular complexity index is 537. The molecule has 0 aromatic carbocycles. The van der Waals surface area contributed by atoms with Crippen LogP contribution in [0.15, 0.2) is 18.3 Å². The molecule has 1 aromatic rings. The molecule has 22 heavy (non-hydrogen) atoms. The number of carbonyl (C=O) groups is 1. The molecule has 0 aliphatic carbocycles. The monoisotopic (exact) mass is 404 g/mol. The molecule has 0 fully saturated rings. The van der Waals surface area contributed by atoms with E-state index < -0.39 is 30.7 Å². The second kappa shape index (κ2) is 10.8. The van der Waals surface area contributed by atoms with Crippen molar-refractivity contribution in [2.24, 2.45) is 0 Å². The molecule has 0 saturated heterocycles. The number of pyridine rings is 1. The third-order valence-corrected chi connectivity index (χ3v) is 1.65. The van der Waals surface area contributed by atoms with Crippen molar-refractivity contribution in [1.82, 2.24) is 10.3 Å². The Kier molecular flexibility index (Phi) is 8.60. The maximum absolute atomic E-state index is 12.1. The average Bonchev–Trinajstić information content (AvgIpc) is 2.36. The predicted octanol–water partition coefficient (Wildman–Crippen LogP) is 4.08. The number of alkyl carbamates (subject to hydrolysis) is 1. The average molecular weight is 406 g/mol. The van der Waals surface area contributed by atoms with E-state index in [1.54, 1.807) is 20.8 Å². The molecule has 1 amide bonds. The summed E-state index contributed by atoms with van der Waals surface area (Å²) >= 11 is 0.569. The van der Waals surface area contributed by atoms with Crippen molar-refractivity contribution < 1.29 is 38.4 Å². The first-order chi connectivity index (χ1) is 10.9. The standard InChI is InChI=1S/C12H16F2N2O3.2ClH.Ni/c1-12(2,3)19-11(17)16-7-8-4-5-15-9(6-8)18-10(13)14;;;/h4-6,10H,7H2,1-3H3,(H,16,17);2*1H;/q;;;+2/p-2/i7D2;;;. The Morgan fingerprint density at radius 1 is 1.55 bits per heavy atom. The Morgan fingerprint density at radius 3 is 2.64 bits per heavy atom. The summed E-state index contributed by atoms with van der Waals surface area (Å²) in [7, 11) is 9.40. The second-order valence-corrected chi connectivity index (χ2v) is 6.19. The number of rotatable bonds is 4. The van der Waals surface area contributed by atoms with Crippen LogP contribution in [-0.4, -0.2) is 23.3 Å². The van der Waals surface area contributed by atoms with Crippen molar-refractivity contribution in [1.29, 1.82) is 0 Å². The van der Waals surface area contributed by atoms with E-state index in [4.69, 9.17) is 27.9 Å². The van der Waals surface area contributed by atoms with E-state index in [1.807, 2.05) is 5.32 Å². The van der Waals surface area contributed by atoms with Crippen LogP contribution in [0, 0.1) is 0 Å². The predicted molar refractivity (Wildman–Crippen MR) is 75.6 cm³/mol. The quantitative estimate of drug-likeness (QED) is 0.766. The fourth-order valence-electron chi connectivity index (χ4n) is 1.07. The van der Waals surface area contributed by atoms with Gasteiger partial charge in [-0.3, -0.25) is 0 Å². The molecule has 1 rings (SSSR count). The summed E-state index contributed by atoms with van der Waals surface area (Å²) in [5.41, 5.74) is -0.887. The van der Waals surface area contributed by atoms with Crippen molar-refractivity contribution >= 4 is 26.5 Å². The van der Waals surface area contributed by atoms with E-state index in [0.29, 0.717) is 12.7 Å². The van der Waals surface area contributed by atoms with Crippen LogP contribution in [0.5, 0.6) is 5.88 Å². The zero-order chi connectivity index (χ0) is 19.0. The number of hydrogen-bond donors (Lipinski definition) is 1. The topological polar surface area (TPSA) is 60.5 Å². The molecule has 0 saturated carbocycles. The summed E-state index contributed by atoms with van der Waals surface area (Å²) < 4.78 is 48.7. The van der Waals surface area contributed by atoms with Crippen molar-refractivity contribution in [3.63, 3.8) is 0 Å². The summed E-state index contributed by atoms with van der Waals surface area (Å²) in [5, 5.41) is 2.01. The second-order valence-electron chi connectivity index (χ2n) is 4.56. The van der Waals surface area contributed by atoms with Gasteiger partial charge in [0.05, 0.1) is 2.74 Å². The van der Waals surface area contributed by atoms with Gasteiger partial charge in [-0.05, 0) is 32.4 Å².